The molecule has 0 aromatic carbocycles. The van der Waals surface area contributed by atoms with Crippen molar-refractivity contribution in [2.24, 2.45) is 0 Å². The highest BCUT2D eigenvalue weighted by Gasteiger charge is 2.08. The molecule has 0 aliphatic rings. The third-order valence-electron chi connectivity index (χ3n) is 1.50. The van der Waals surface area contributed by atoms with Gasteiger partial charge in [0.25, 0.3) is 5.89 Å². The first-order valence-electron chi connectivity index (χ1n) is 3.54. The number of pyridine rings is 1. The number of aromatic nitrogens is 3. The number of nitrogens with zero attached hydrogens (tertiary/aromatic N) is 2. The summed E-state index contributed by atoms with van der Waals surface area (Å²) in [7, 11) is 0. The van der Waals surface area contributed by atoms with E-state index >= 15 is 0 Å². The molecule has 2 heterocycles. The van der Waals surface area contributed by atoms with Crippen LogP contribution in [0, 0.1) is 0 Å². The van der Waals surface area contributed by atoms with E-state index in [-0.39, 0.29) is 17.3 Å². The van der Waals surface area contributed by atoms with Crippen LogP contribution < -0.4 is 11.2 Å². The van der Waals surface area contributed by atoms with Gasteiger partial charge >= 0.3 is 6.01 Å². The van der Waals surface area contributed by atoms with E-state index in [0.717, 1.165) is 0 Å². The second-order valence-electron chi connectivity index (χ2n) is 2.37. The van der Waals surface area contributed by atoms with E-state index in [2.05, 4.69) is 15.2 Å². The predicted octanol–water partition coefficient (Wildman–Crippen LogP) is 0.00710. The van der Waals surface area contributed by atoms with Gasteiger partial charge in [-0.05, 0) is 0 Å². The number of nitrogens with two attached hydrogens (primary N) is 1. The summed E-state index contributed by atoms with van der Waals surface area (Å²) < 4.78 is 4.89. The second-order valence-corrected chi connectivity index (χ2v) is 2.37. The summed E-state index contributed by atoms with van der Waals surface area (Å²) in [5, 5.41) is 7.03. The molecule has 0 spiro atoms. The maximum Gasteiger partial charge on any atom is 0.313 e. The highest BCUT2D eigenvalue weighted by molar-refractivity contribution is 5.50. The number of rotatable bonds is 1. The molecule has 0 aliphatic carbocycles. The fourth-order valence-corrected chi connectivity index (χ4v) is 0.927. The Morgan fingerprint density at radius 1 is 1.46 bits per heavy atom. The molecule has 0 bridgehead atoms. The van der Waals surface area contributed by atoms with Gasteiger partial charge in [-0.2, -0.15) is 0 Å². The summed E-state index contributed by atoms with van der Waals surface area (Å²) in [4.78, 5) is 14.0. The molecule has 2 aromatic rings. The first kappa shape index (κ1) is 7.53. The lowest BCUT2D eigenvalue weighted by molar-refractivity contribution is 0.589. The van der Waals surface area contributed by atoms with Gasteiger partial charge < -0.3 is 15.1 Å². The standard InChI is InChI=1S/C7H6N4O2/c8-7-11-10-6(13-7)4-3-9-2-1-5(4)12/h1-3H,(H2,8,11)(H,9,12). The van der Waals surface area contributed by atoms with E-state index in [0.29, 0.717) is 5.56 Å². The number of anilines is 1. The van der Waals surface area contributed by atoms with Gasteiger partial charge in [-0.1, -0.05) is 5.10 Å². The Morgan fingerprint density at radius 3 is 2.92 bits per heavy atom. The van der Waals surface area contributed by atoms with Gasteiger partial charge in [-0.3, -0.25) is 4.79 Å². The van der Waals surface area contributed by atoms with Crippen molar-refractivity contribution in [3.8, 4) is 11.5 Å². The van der Waals surface area contributed by atoms with Crippen LogP contribution in [0.15, 0.2) is 27.7 Å². The summed E-state index contributed by atoms with van der Waals surface area (Å²) in [5.41, 5.74) is 5.33. The highest BCUT2D eigenvalue weighted by Crippen LogP contribution is 2.12. The highest BCUT2D eigenvalue weighted by atomic mass is 16.4. The second kappa shape index (κ2) is 2.74. The molecule has 0 saturated heterocycles. The molecule has 0 saturated carbocycles. The van der Waals surface area contributed by atoms with E-state index in [1.807, 2.05) is 0 Å². The van der Waals surface area contributed by atoms with Gasteiger partial charge in [0, 0.05) is 18.5 Å². The summed E-state index contributed by atoms with van der Waals surface area (Å²) in [5.74, 6) is 0.124. The van der Waals surface area contributed by atoms with E-state index < -0.39 is 0 Å². The third kappa shape index (κ3) is 1.28. The van der Waals surface area contributed by atoms with Crippen molar-refractivity contribution >= 4 is 6.01 Å². The normalized spacial score (nSPS) is 10.2. The quantitative estimate of drug-likeness (QED) is 0.640. The number of nitrogen functional groups attached to an aromatic ring is 1. The van der Waals surface area contributed by atoms with Gasteiger partial charge in [0.15, 0.2) is 5.43 Å². The smallest absolute Gasteiger partial charge is 0.313 e. The molecule has 0 atom stereocenters. The lowest BCUT2D eigenvalue weighted by Crippen LogP contribution is -2.02. The molecule has 0 radical (unpaired) electrons. The van der Waals surface area contributed by atoms with E-state index in [4.69, 9.17) is 10.2 Å². The molecule has 6 nitrogen and oxygen atoms in total. The first-order chi connectivity index (χ1) is 6.27. The minimum Gasteiger partial charge on any atom is -0.403 e. The van der Waals surface area contributed by atoms with Gasteiger partial charge in [0.1, 0.15) is 5.56 Å². The fourth-order valence-electron chi connectivity index (χ4n) is 0.927. The molecule has 2 aromatic heterocycles. The number of hydrogen-bond donors (Lipinski definition) is 2. The van der Waals surface area contributed by atoms with E-state index in [1.54, 1.807) is 0 Å². The Morgan fingerprint density at radius 2 is 2.31 bits per heavy atom. The van der Waals surface area contributed by atoms with Gasteiger partial charge in [-0.15, -0.1) is 5.10 Å². The van der Waals surface area contributed by atoms with E-state index in [9.17, 15) is 4.79 Å². The van der Waals surface area contributed by atoms with Crippen LogP contribution >= 0.6 is 0 Å². The molecule has 6 heteroatoms. The maximum absolute atomic E-state index is 11.2. The number of hydrogen-bond acceptors (Lipinski definition) is 5. The Labute approximate surface area is 72.4 Å². The monoisotopic (exact) mass is 178 g/mol. The number of nitrogens with one attached hydrogen (secondary N) is 1. The zero-order valence-corrected chi connectivity index (χ0v) is 6.52. The van der Waals surface area contributed by atoms with Crippen molar-refractivity contribution in [2.45, 2.75) is 0 Å². The van der Waals surface area contributed by atoms with Crippen molar-refractivity contribution in [3.63, 3.8) is 0 Å². The molecule has 3 N–H and O–H groups in total. The molecule has 0 aliphatic heterocycles. The minimum atomic E-state index is -0.192. The molecule has 0 unspecified atom stereocenters. The van der Waals surface area contributed by atoms with Crippen molar-refractivity contribution in [2.75, 3.05) is 5.73 Å². The fraction of sp³-hybridized carbons (Fsp3) is 0. The Balaban J connectivity index is 2.59. The Kier molecular flexibility index (Phi) is 1.59. The van der Waals surface area contributed by atoms with Crippen molar-refractivity contribution in [3.05, 3.63) is 28.7 Å². The van der Waals surface area contributed by atoms with Crippen LogP contribution in [0.1, 0.15) is 0 Å². The van der Waals surface area contributed by atoms with Crippen LogP contribution in [0.4, 0.5) is 6.01 Å². The Bertz CT molecular complexity index is 473. The topological polar surface area (TPSA) is 97.8 Å². The van der Waals surface area contributed by atoms with Crippen molar-refractivity contribution < 1.29 is 4.42 Å². The zero-order valence-electron chi connectivity index (χ0n) is 6.52. The molecular formula is C7H6N4O2. The summed E-state index contributed by atoms with van der Waals surface area (Å²) in [6.45, 7) is 0. The van der Waals surface area contributed by atoms with Crippen LogP contribution in [0.2, 0.25) is 0 Å². The molecule has 66 valence electrons. The van der Waals surface area contributed by atoms with E-state index in [1.165, 1.54) is 18.5 Å². The van der Waals surface area contributed by atoms with Crippen LogP contribution in [0.25, 0.3) is 11.5 Å². The number of aromatic amines is 1. The van der Waals surface area contributed by atoms with Crippen LogP contribution in [0.5, 0.6) is 0 Å². The summed E-state index contributed by atoms with van der Waals surface area (Å²) in [6, 6.07) is 1.31. The molecule has 0 fully saturated rings. The third-order valence-corrected chi connectivity index (χ3v) is 1.50. The average Bonchev–Trinajstić information content (AvgIpc) is 2.53. The lowest BCUT2D eigenvalue weighted by Gasteiger charge is -1.90. The molecule has 2 rings (SSSR count). The molecular weight excluding hydrogens is 172 g/mol. The van der Waals surface area contributed by atoms with Crippen molar-refractivity contribution in [1.29, 1.82) is 0 Å². The average molecular weight is 178 g/mol. The summed E-state index contributed by atoms with van der Waals surface area (Å²) in [6.07, 6.45) is 3.00. The number of H-pyrrole nitrogens is 1. The summed E-state index contributed by atoms with van der Waals surface area (Å²) >= 11 is 0. The van der Waals surface area contributed by atoms with Crippen molar-refractivity contribution in [1.82, 2.24) is 15.2 Å². The Hall–Kier alpha value is -2.11. The zero-order chi connectivity index (χ0) is 9.26. The van der Waals surface area contributed by atoms with Gasteiger partial charge in [0.05, 0.1) is 0 Å². The molecule has 13 heavy (non-hydrogen) atoms. The largest absolute Gasteiger partial charge is 0.403 e. The first-order valence-corrected chi connectivity index (χ1v) is 3.54. The van der Waals surface area contributed by atoms with Crippen LogP contribution in [-0.4, -0.2) is 15.2 Å². The SMILES string of the molecule is Nc1nnc(-c2c[nH]ccc2=O)o1. The maximum atomic E-state index is 11.2. The minimum absolute atomic E-state index is 0.0572. The van der Waals surface area contributed by atoms with Crippen LogP contribution in [-0.2, 0) is 0 Å². The van der Waals surface area contributed by atoms with Gasteiger partial charge in [0.2, 0.25) is 0 Å². The van der Waals surface area contributed by atoms with Gasteiger partial charge in [-0.25, -0.2) is 0 Å². The predicted molar refractivity (Wildman–Crippen MR) is 44.8 cm³/mol. The van der Waals surface area contributed by atoms with Crippen LogP contribution in [0.3, 0.4) is 0 Å². The molecule has 0 amide bonds. The lowest BCUT2D eigenvalue weighted by atomic mass is 10.3.